The second-order valence-corrected chi connectivity index (χ2v) is 17.3. The summed E-state index contributed by atoms with van der Waals surface area (Å²) in [5.74, 6) is 0. The molecule has 0 N–H and O–H groups in total. The van der Waals surface area contributed by atoms with Gasteiger partial charge < -0.3 is 4.90 Å². The fourth-order valence-corrected chi connectivity index (χ4v) is 10.2. The predicted octanol–water partition coefficient (Wildman–Crippen LogP) is 15.9. The molecule has 0 fully saturated rings. The van der Waals surface area contributed by atoms with E-state index in [4.69, 9.17) is 0 Å². The lowest BCUT2D eigenvalue weighted by atomic mass is 9.79. The van der Waals surface area contributed by atoms with Crippen LogP contribution >= 0.6 is 0 Å². The molecule has 0 aliphatic heterocycles. The fourth-order valence-electron chi connectivity index (χ4n) is 10.2. The summed E-state index contributed by atoms with van der Waals surface area (Å²) in [6.45, 7) is 9.53. The minimum absolute atomic E-state index is 0.0486. The molecule has 11 rings (SSSR count). The van der Waals surface area contributed by atoms with Crippen molar-refractivity contribution in [1.29, 1.82) is 0 Å². The van der Waals surface area contributed by atoms with Crippen molar-refractivity contribution in [3.05, 3.63) is 222 Å². The molecule has 2 aliphatic rings. The standard InChI is InChI=1S/C58H45N/c1-57(2)51-22-14-13-21-48(51)49-33-27-43(35-52(49)57)41-25-31-46(32-26-41)59(45-29-23-40(24-30-45)38-15-7-5-8-16-38)54-37-44-19-11-12-20-47(44)56-55(54)50-34-28-42(36-53(50)58(56,3)4)39-17-9-6-10-18-39/h5-37H,1-4H3. The Morgan fingerprint density at radius 2 is 0.797 bits per heavy atom. The van der Waals surface area contributed by atoms with Crippen molar-refractivity contribution in [2.45, 2.75) is 38.5 Å². The Bertz CT molecular complexity index is 3060. The molecule has 0 radical (unpaired) electrons. The highest BCUT2D eigenvalue weighted by Gasteiger charge is 2.40. The normalized spacial score (nSPS) is 14.0. The van der Waals surface area contributed by atoms with Crippen molar-refractivity contribution in [3.63, 3.8) is 0 Å². The lowest BCUT2D eigenvalue weighted by Gasteiger charge is -2.30. The summed E-state index contributed by atoms with van der Waals surface area (Å²) in [5.41, 5.74) is 21.4. The highest BCUT2D eigenvalue weighted by molar-refractivity contribution is 6.06. The van der Waals surface area contributed by atoms with Gasteiger partial charge in [-0.3, -0.25) is 0 Å². The summed E-state index contributed by atoms with van der Waals surface area (Å²) in [4.78, 5) is 2.49. The third-order valence-electron chi connectivity index (χ3n) is 13.2. The summed E-state index contributed by atoms with van der Waals surface area (Å²) >= 11 is 0. The maximum Gasteiger partial charge on any atom is 0.0549 e. The topological polar surface area (TPSA) is 3.24 Å². The molecule has 0 heterocycles. The molecule has 59 heavy (non-hydrogen) atoms. The molecule has 9 aromatic carbocycles. The van der Waals surface area contributed by atoms with Gasteiger partial charge in [0.1, 0.15) is 0 Å². The van der Waals surface area contributed by atoms with Gasteiger partial charge in [0.15, 0.2) is 0 Å². The molecule has 0 unspecified atom stereocenters. The first kappa shape index (κ1) is 35.2. The lowest BCUT2D eigenvalue weighted by Crippen LogP contribution is -2.17. The van der Waals surface area contributed by atoms with Crippen LogP contribution in [-0.4, -0.2) is 0 Å². The van der Waals surface area contributed by atoms with E-state index in [2.05, 4.69) is 233 Å². The van der Waals surface area contributed by atoms with Gasteiger partial charge >= 0.3 is 0 Å². The number of hydrogen-bond acceptors (Lipinski definition) is 1. The monoisotopic (exact) mass is 755 g/mol. The number of rotatable bonds is 6. The SMILES string of the molecule is CC1(C)c2ccccc2-c2ccc(-c3ccc(N(c4ccc(-c5ccccc5)cc4)c4cc5ccccc5c5c4-c4ccc(-c6ccccc6)cc4C5(C)C)cc3)cc21. The quantitative estimate of drug-likeness (QED) is 0.163. The Morgan fingerprint density at radius 1 is 0.339 bits per heavy atom. The van der Waals surface area contributed by atoms with E-state index in [-0.39, 0.29) is 10.8 Å². The van der Waals surface area contributed by atoms with Gasteiger partial charge in [0.05, 0.1) is 5.69 Å². The number of fused-ring (bicyclic) bond motifs is 8. The van der Waals surface area contributed by atoms with Crippen LogP contribution in [-0.2, 0) is 10.8 Å². The van der Waals surface area contributed by atoms with E-state index in [1.54, 1.807) is 0 Å². The van der Waals surface area contributed by atoms with Crippen LogP contribution in [0.3, 0.4) is 0 Å². The molecule has 1 heteroatoms. The van der Waals surface area contributed by atoms with Gasteiger partial charge in [-0.15, -0.1) is 0 Å². The smallest absolute Gasteiger partial charge is 0.0549 e. The van der Waals surface area contributed by atoms with Gasteiger partial charge in [0.2, 0.25) is 0 Å². The second kappa shape index (κ2) is 13.3. The van der Waals surface area contributed by atoms with Crippen molar-refractivity contribution in [3.8, 4) is 55.6 Å². The van der Waals surface area contributed by atoms with Gasteiger partial charge in [-0.2, -0.15) is 0 Å². The summed E-state index contributed by atoms with van der Waals surface area (Å²) in [6.07, 6.45) is 0. The molecule has 0 saturated carbocycles. The highest BCUT2D eigenvalue weighted by atomic mass is 15.1. The molecule has 0 saturated heterocycles. The highest BCUT2D eigenvalue weighted by Crippen LogP contribution is 2.57. The van der Waals surface area contributed by atoms with Crippen molar-refractivity contribution in [2.75, 3.05) is 4.90 Å². The average Bonchev–Trinajstić information content (AvgIpc) is 3.67. The fraction of sp³-hybridized carbons (Fsp3) is 0.103. The first-order chi connectivity index (χ1) is 28.8. The van der Waals surface area contributed by atoms with Crippen molar-refractivity contribution in [2.24, 2.45) is 0 Å². The van der Waals surface area contributed by atoms with E-state index in [1.165, 1.54) is 94.3 Å². The first-order valence-electron chi connectivity index (χ1n) is 20.8. The van der Waals surface area contributed by atoms with Crippen LogP contribution in [0.15, 0.2) is 200 Å². The molecule has 9 aromatic rings. The van der Waals surface area contributed by atoms with Gasteiger partial charge in [-0.25, -0.2) is 0 Å². The lowest BCUT2D eigenvalue weighted by molar-refractivity contribution is 0.660. The maximum absolute atomic E-state index is 2.49. The van der Waals surface area contributed by atoms with E-state index in [0.717, 1.165) is 11.4 Å². The van der Waals surface area contributed by atoms with Crippen LogP contribution in [0.5, 0.6) is 0 Å². The molecule has 0 aromatic heterocycles. The average molecular weight is 756 g/mol. The van der Waals surface area contributed by atoms with Crippen LogP contribution in [0.1, 0.15) is 49.9 Å². The Labute approximate surface area is 347 Å². The largest absolute Gasteiger partial charge is 0.310 e. The van der Waals surface area contributed by atoms with E-state index < -0.39 is 0 Å². The number of hydrogen-bond donors (Lipinski definition) is 0. The minimum atomic E-state index is -0.223. The Kier molecular flexibility index (Phi) is 7.94. The molecule has 1 nitrogen and oxygen atoms in total. The van der Waals surface area contributed by atoms with E-state index >= 15 is 0 Å². The van der Waals surface area contributed by atoms with Crippen LogP contribution in [0.25, 0.3) is 66.4 Å². The van der Waals surface area contributed by atoms with Crippen molar-refractivity contribution < 1.29 is 0 Å². The summed E-state index contributed by atoms with van der Waals surface area (Å²) in [7, 11) is 0. The van der Waals surface area contributed by atoms with E-state index in [0.29, 0.717) is 0 Å². The van der Waals surface area contributed by atoms with Crippen LogP contribution in [0, 0.1) is 0 Å². The molecule has 0 atom stereocenters. The minimum Gasteiger partial charge on any atom is -0.310 e. The molecule has 282 valence electrons. The summed E-state index contributed by atoms with van der Waals surface area (Å²) in [5, 5.41) is 2.56. The first-order valence-corrected chi connectivity index (χ1v) is 20.8. The van der Waals surface area contributed by atoms with Gasteiger partial charge in [-0.05, 0) is 126 Å². The summed E-state index contributed by atoms with van der Waals surface area (Å²) < 4.78 is 0. The zero-order valence-corrected chi connectivity index (χ0v) is 34.0. The molecule has 0 spiro atoms. The van der Waals surface area contributed by atoms with Gasteiger partial charge in [0.25, 0.3) is 0 Å². The van der Waals surface area contributed by atoms with Crippen molar-refractivity contribution in [1.82, 2.24) is 0 Å². The number of anilines is 3. The maximum atomic E-state index is 2.49. The van der Waals surface area contributed by atoms with Gasteiger partial charge in [0, 0.05) is 27.8 Å². The van der Waals surface area contributed by atoms with Crippen LogP contribution < -0.4 is 4.90 Å². The van der Waals surface area contributed by atoms with Crippen LogP contribution in [0.2, 0.25) is 0 Å². The van der Waals surface area contributed by atoms with E-state index in [9.17, 15) is 0 Å². The van der Waals surface area contributed by atoms with Crippen molar-refractivity contribution >= 4 is 27.8 Å². The molecule has 0 amide bonds. The molecular formula is C58H45N. The van der Waals surface area contributed by atoms with E-state index in [1.807, 2.05) is 0 Å². The number of benzene rings is 9. The molecule has 2 aliphatic carbocycles. The Morgan fingerprint density at radius 3 is 1.44 bits per heavy atom. The van der Waals surface area contributed by atoms with Crippen LogP contribution in [0.4, 0.5) is 17.1 Å². The molecular weight excluding hydrogens is 711 g/mol. The molecule has 0 bridgehead atoms. The second-order valence-electron chi connectivity index (χ2n) is 17.3. The Hall–Kier alpha value is -6.96. The third-order valence-corrected chi connectivity index (χ3v) is 13.2. The number of nitrogens with zero attached hydrogens (tertiary/aromatic N) is 1. The Balaban J connectivity index is 1.09. The third kappa shape index (κ3) is 5.53. The predicted molar refractivity (Wildman–Crippen MR) is 250 cm³/mol. The zero-order valence-electron chi connectivity index (χ0n) is 34.0. The zero-order chi connectivity index (χ0) is 39.9. The summed E-state index contributed by atoms with van der Waals surface area (Å²) in [6, 6.07) is 74.2. The van der Waals surface area contributed by atoms with Gasteiger partial charge in [-0.1, -0.05) is 185 Å².